The largest absolute Gasteiger partial charge is 0.493 e. The molecule has 4 amide bonds. The van der Waals surface area contributed by atoms with E-state index in [0.29, 0.717) is 34.5 Å². The van der Waals surface area contributed by atoms with E-state index in [9.17, 15) is 28.7 Å². The molecule has 0 bridgehead atoms. The number of ether oxygens (including phenoxy) is 1. The van der Waals surface area contributed by atoms with Crippen LogP contribution in [0.25, 0.3) is 10.4 Å². The zero-order valence-corrected chi connectivity index (χ0v) is 44.2. The first-order chi connectivity index (χ1) is 34.2. The zero-order chi connectivity index (χ0) is 51.4. The number of thiazole rings is 1. The SMILES string of the molecule is Cc1ncsc1-c1ccc(CNC(=O)[C@@H]2C[C@@H](O)CN2C(=O)[C@@H](NC(=O)C2(F)CC2)C(C)(C)C)c(OCCCN2CCC(CC(=O)Nc3cccc(Sc4cnc(N5CCC(C)(N)CC5)cn4)c3Cl)CC2)c1. The molecule has 0 radical (unpaired) electrons. The Bertz CT molecular complexity index is 2580. The average Bonchev–Trinajstić information content (AvgIpc) is 3.75. The number of nitrogens with zero attached hydrogens (tertiary/aromatic N) is 6. The van der Waals surface area contributed by atoms with Gasteiger partial charge in [0.15, 0.2) is 5.67 Å². The molecule has 6 N–H and O–H groups in total. The molecule has 5 heterocycles. The van der Waals surface area contributed by atoms with Gasteiger partial charge < -0.3 is 46.2 Å². The number of β-amino-alcohol motifs (C(OH)–C–C–N with tert-alkyl or cyclic N) is 1. The minimum absolute atomic E-state index is 0.0264. The molecule has 20 heteroatoms. The molecule has 4 fully saturated rings. The number of rotatable bonds is 18. The third-order valence-electron chi connectivity index (χ3n) is 14.2. The number of nitrogens with two attached hydrogens (primary N) is 1. The van der Waals surface area contributed by atoms with Gasteiger partial charge in [-0.1, -0.05) is 62.3 Å². The van der Waals surface area contributed by atoms with Crippen LogP contribution in [0.5, 0.6) is 5.75 Å². The lowest BCUT2D eigenvalue weighted by atomic mass is 9.85. The number of halogens is 2. The molecule has 0 unspecified atom stereocenters. The normalized spacial score (nSPS) is 20.5. The van der Waals surface area contributed by atoms with Gasteiger partial charge in [0, 0.05) is 61.6 Å². The molecule has 2 aromatic heterocycles. The quantitative estimate of drug-likeness (QED) is 0.0629. The Labute approximate surface area is 434 Å². The van der Waals surface area contributed by atoms with Crippen molar-refractivity contribution in [2.75, 3.05) is 56.1 Å². The van der Waals surface area contributed by atoms with E-state index in [2.05, 4.69) is 47.6 Å². The van der Waals surface area contributed by atoms with Crippen molar-refractivity contribution in [1.82, 2.24) is 35.4 Å². The van der Waals surface area contributed by atoms with Crippen molar-refractivity contribution >= 4 is 69.8 Å². The molecule has 4 aromatic rings. The van der Waals surface area contributed by atoms with Gasteiger partial charge in [-0.15, -0.1) is 11.3 Å². The van der Waals surface area contributed by atoms with Gasteiger partial charge in [0.2, 0.25) is 17.7 Å². The van der Waals surface area contributed by atoms with Crippen LogP contribution in [0.4, 0.5) is 15.9 Å². The summed E-state index contributed by atoms with van der Waals surface area (Å²) in [6.07, 6.45) is 7.57. The van der Waals surface area contributed by atoms with Crippen LogP contribution < -0.4 is 31.3 Å². The number of piperidine rings is 2. The maximum absolute atomic E-state index is 14.7. The van der Waals surface area contributed by atoms with Gasteiger partial charge in [0.1, 0.15) is 28.7 Å². The van der Waals surface area contributed by atoms with Crippen LogP contribution in [0.15, 0.2) is 64.2 Å². The Morgan fingerprint density at radius 3 is 2.46 bits per heavy atom. The highest BCUT2D eigenvalue weighted by Gasteiger charge is 2.53. The minimum Gasteiger partial charge on any atom is -0.493 e. The number of hydrogen-bond donors (Lipinski definition) is 5. The molecule has 3 saturated heterocycles. The Morgan fingerprint density at radius 2 is 1.79 bits per heavy atom. The smallest absolute Gasteiger partial charge is 0.258 e. The van der Waals surface area contributed by atoms with Crippen molar-refractivity contribution < 1.29 is 33.4 Å². The van der Waals surface area contributed by atoms with Crippen LogP contribution in [0, 0.1) is 18.3 Å². The fourth-order valence-electron chi connectivity index (χ4n) is 9.49. The molecule has 4 aliphatic rings. The topological polar surface area (TPSA) is 208 Å². The van der Waals surface area contributed by atoms with Gasteiger partial charge in [-0.2, -0.15) is 0 Å². The minimum atomic E-state index is -1.97. The predicted molar refractivity (Wildman–Crippen MR) is 279 cm³/mol. The Hall–Kier alpha value is -4.92. The first-order valence-corrected chi connectivity index (χ1v) is 27.1. The number of benzene rings is 2. The van der Waals surface area contributed by atoms with Gasteiger partial charge in [0.05, 0.1) is 51.9 Å². The Kier molecular flexibility index (Phi) is 16.8. The average molecular weight is 1050 g/mol. The van der Waals surface area contributed by atoms with E-state index in [0.717, 1.165) is 97.2 Å². The van der Waals surface area contributed by atoms with Crippen LogP contribution in [0.3, 0.4) is 0 Å². The molecule has 3 aliphatic heterocycles. The van der Waals surface area contributed by atoms with E-state index in [1.807, 2.05) is 43.3 Å². The summed E-state index contributed by atoms with van der Waals surface area (Å²) in [4.78, 5) is 75.3. The number of amides is 4. The predicted octanol–water partition coefficient (Wildman–Crippen LogP) is 7.15. The summed E-state index contributed by atoms with van der Waals surface area (Å²) in [5, 5.41) is 20.5. The molecular weight excluding hydrogens is 979 g/mol. The summed E-state index contributed by atoms with van der Waals surface area (Å²) >= 11 is 9.76. The molecule has 1 saturated carbocycles. The van der Waals surface area contributed by atoms with Gasteiger partial charge in [0.25, 0.3) is 5.91 Å². The van der Waals surface area contributed by atoms with Gasteiger partial charge in [-0.25, -0.2) is 19.3 Å². The monoisotopic (exact) mass is 1050 g/mol. The van der Waals surface area contributed by atoms with E-state index in [1.165, 1.54) is 28.0 Å². The van der Waals surface area contributed by atoms with Crippen molar-refractivity contribution in [1.29, 1.82) is 0 Å². The zero-order valence-electron chi connectivity index (χ0n) is 41.8. The van der Waals surface area contributed by atoms with E-state index in [4.69, 9.17) is 22.1 Å². The number of carbonyl (C=O) groups is 4. The second kappa shape index (κ2) is 22.7. The summed E-state index contributed by atoms with van der Waals surface area (Å²) in [5.74, 6) is -0.204. The maximum Gasteiger partial charge on any atom is 0.258 e. The third-order valence-corrected chi connectivity index (χ3v) is 16.7. The lowest BCUT2D eigenvalue weighted by molar-refractivity contribution is -0.145. The van der Waals surface area contributed by atoms with Gasteiger partial charge in [-0.3, -0.25) is 19.2 Å². The fraction of sp³-hybridized carbons (Fsp3) is 0.558. The fourth-order valence-corrected chi connectivity index (χ4v) is 11.4. The summed E-state index contributed by atoms with van der Waals surface area (Å²) in [7, 11) is 0. The number of aliphatic hydroxyl groups excluding tert-OH is 1. The molecule has 0 spiro atoms. The van der Waals surface area contributed by atoms with Crippen LogP contribution in [-0.4, -0.2) is 129 Å². The summed E-state index contributed by atoms with van der Waals surface area (Å²) in [6.45, 7) is 14.0. The van der Waals surface area contributed by atoms with E-state index >= 15 is 0 Å². The summed E-state index contributed by atoms with van der Waals surface area (Å²) in [5.41, 5.74) is 8.34. The van der Waals surface area contributed by atoms with E-state index < -0.39 is 47.0 Å². The van der Waals surface area contributed by atoms with Crippen molar-refractivity contribution in [3.63, 3.8) is 0 Å². The summed E-state index contributed by atoms with van der Waals surface area (Å²) < 4.78 is 21.1. The lowest BCUT2D eigenvalue weighted by Gasteiger charge is -2.37. The first kappa shape index (κ1) is 53.4. The van der Waals surface area contributed by atoms with E-state index in [-0.39, 0.29) is 49.7 Å². The van der Waals surface area contributed by atoms with Crippen molar-refractivity contribution in [2.24, 2.45) is 17.1 Å². The van der Waals surface area contributed by atoms with Crippen LogP contribution in [-0.2, 0) is 25.7 Å². The number of hydrogen-bond acceptors (Lipinski definition) is 14. The number of nitrogens with one attached hydrogen (secondary N) is 3. The number of anilines is 2. The molecule has 72 heavy (non-hydrogen) atoms. The van der Waals surface area contributed by atoms with E-state index in [1.54, 1.807) is 38.7 Å². The van der Waals surface area contributed by atoms with Crippen LogP contribution in [0.1, 0.15) is 96.7 Å². The number of aromatic nitrogens is 3. The number of carbonyl (C=O) groups excluding carboxylic acids is 4. The number of aliphatic hydroxyl groups is 1. The molecule has 2 aromatic carbocycles. The first-order valence-electron chi connectivity index (χ1n) is 25.0. The van der Waals surface area contributed by atoms with Crippen molar-refractivity contribution in [2.45, 2.75) is 138 Å². The number of likely N-dealkylation sites (tertiary alicyclic amines) is 2. The number of aryl methyl sites for hydroxylation is 1. The standard InChI is InChI=1S/C52H68ClFN10O6S2/c1-32-45(71-31-59-32)34-10-11-35(27-58-47(67)38-26-36(65)30-64(38)48(68)46(50(2,3)4)61-49(69)52(54)14-15-52)39(25-34)70-23-7-18-62-19-12-33(13-20-62)24-42(66)60-37-8-6-9-40(44(37)53)72-43-29-56-41(28-57-43)63-21-16-51(5,55)17-22-63/h6,8-11,25,28-29,31,33,36,38,46,65H,7,12-24,26-27,30,55H2,1-5H3,(H,58,67)(H,60,66)(H,61,69)/t36-,38+,46-/m1/s1. The highest BCUT2D eigenvalue weighted by molar-refractivity contribution is 7.99. The lowest BCUT2D eigenvalue weighted by Crippen LogP contribution is -2.59. The summed E-state index contributed by atoms with van der Waals surface area (Å²) in [6, 6.07) is 9.36. The van der Waals surface area contributed by atoms with Crippen molar-refractivity contribution in [3.05, 3.63) is 70.6 Å². The molecule has 3 atom stereocenters. The van der Waals surface area contributed by atoms with Gasteiger partial charge in [-0.05, 0) is 107 Å². The Balaban J connectivity index is 0.803. The molecular formula is C52H68ClFN10O6S2. The maximum atomic E-state index is 14.7. The second-order valence-corrected chi connectivity index (χ2v) is 23.5. The highest BCUT2D eigenvalue weighted by Crippen LogP contribution is 2.41. The van der Waals surface area contributed by atoms with Gasteiger partial charge >= 0.3 is 0 Å². The second-order valence-electron chi connectivity index (χ2n) is 21.3. The molecule has 388 valence electrons. The Morgan fingerprint density at radius 1 is 1.04 bits per heavy atom. The van der Waals surface area contributed by atoms with Crippen LogP contribution in [0.2, 0.25) is 5.02 Å². The van der Waals surface area contributed by atoms with Crippen LogP contribution >= 0.6 is 34.7 Å². The number of alkyl halides is 1. The third kappa shape index (κ3) is 13.4. The van der Waals surface area contributed by atoms with Crippen molar-refractivity contribution in [3.8, 4) is 16.2 Å². The molecule has 1 aliphatic carbocycles. The molecule has 8 rings (SSSR count). The molecule has 16 nitrogen and oxygen atoms in total. The highest BCUT2D eigenvalue weighted by atomic mass is 35.5.